The van der Waals surface area contributed by atoms with E-state index in [1.54, 1.807) is 7.11 Å². The van der Waals surface area contributed by atoms with Crippen molar-refractivity contribution in [2.75, 3.05) is 41.1 Å². The molecule has 0 radical (unpaired) electrons. The van der Waals surface area contributed by atoms with E-state index in [0.717, 1.165) is 47.4 Å². The molecule has 1 aromatic carbocycles. The Morgan fingerprint density at radius 1 is 1.32 bits per heavy atom. The number of hydrogen-bond acceptors (Lipinski definition) is 5. The van der Waals surface area contributed by atoms with Crippen LogP contribution in [0.1, 0.15) is 50.3 Å². The second-order valence-corrected chi connectivity index (χ2v) is 9.45. The minimum atomic E-state index is -0.225. The van der Waals surface area contributed by atoms with Gasteiger partial charge in [0.15, 0.2) is 11.5 Å². The number of methoxy groups -OCH3 is 1. The number of nitrogens with zero attached hydrogens (tertiary/aromatic N) is 1. The molecule has 0 spiro atoms. The first-order valence-electron chi connectivity index (χ1n) is 10.2. The van der Waals surface area contributed by atoms with E-state index in [9.17, 15) is 4.79 Å². The molecule has 28 heavy (non-hydrogen) atoms. The fraction of sp³-hybridized carbons (Fsp3) is 0.682. The number of hydrogen-bond donors (Lipinski definition) is 0. The number of carbonyl (C=O) groups excluding carboxylic acids is 1. The van der Waals surface area contributed by atoms with Gasteiger partial charge >= 0.3 is 0 Å². The van der Waals surface area contributed by atoms with Crippen LogP contribution >= 0.6 is 0 Å². The molecular formula is C22H32NO5+. The fourth-order valence-electron chi connectivity index (χ4n) is 4.98. The monoisotopic (exact) mass is 390 g/mol. The molecule has 3 heterocycles. The van der Waals surface area contributed by atoms with Crippen LogP contribution in [0, 0.1) is 5.92 Å². The first-order valence-corrected chi connectivity index (χ1v) is 10.2. The van der Waals surface area contributed by atoms with Gasteiger partial charge in [0, 0.05) is 18.9 Å². The molecule has 4 rings (SSSR count). The van der Waals surface area contributed by atoms with Crippen LogP contribution in [-0.2, 0) is 16.0 Å². The van der Waals surface area contributed by atoms with Crippen molar-refractivity contribution in [2.45, 2.75) is 51.2 Å². The molecule has 0 aliphatic carbocycles. The van der Waals surface area contributed by atoms with Gasteiger partial charge in [0.05, 0.1) is 45.3 Å². The highest BCUT2D eigenvalue weighted by Gasteiger charge is 2.44. The van der Waals surface area contributed by atoms with Gasteiger partial charge in [-0.05, 0) is 38.3 Å². The average molecular weight is 391 g/mol. The van der Waals surface area contributed by atoms with Crippen molar-refractivity contribution in [1.29, 1.82) is 0 Å². The van der Waals surface area contributed by atoms with Crippen LogP contribution < -0.4 is 14.2 Å². The highest BCUT2D eigenvalue weighted by atomic mass is 16.7. The van der Waals surface area contributed by atoms with E-state index < -0.39 is 0 Å². The van der Waals surface area contributed by atoms with Gasteiger partial charge in [-0.2, -0.15) is 0 Å². The number of fused-ring (bicyclic) bond motifs is 2. The van der Waals surface area contributed by atoms with Crippen molar-refractivity contribution in [3.05, 3.63) is 17.2 Å². The molecule has 3 aliphatic rings. The van der Waals surface area contributed by atoms with Gasteiger partial charge in [-0.25, -0.2) is 0 Å². The quantitative estimate of drug-likeness (QED) is 0.739. The van der Waals surface area contributed by atoms with Gasteiger partial charge in [-0.15, -0.1) is 0 Å². The summed E-state index contributed by atoms with van der Waals surface area (Å²) in [7, 11) is 6.09. The number of carbonyl (C=O) groups is 1. The standard InChI is InChI=1S/C22H32NO5/c1-22(2)12-15(7-9-28-22)17(24)11-16-19-14(6-8-23(16,3)4)10-18-20(21(19)25-5)27-13-26-18/h10,15-16H,6-9,11-13H2,1-5H3/q+1/t15-,16+/m0/s1. The summed E-state index contributed by atoms with van der Waals surface area (Å²) in [5.41, 5.74) is 2.10. The molecule has 154 valence electrons. The summed E-state index contributed by atoms with van der Waals surface area (Å²) < 4.78 is 23.7. The molecule has 0 aromatic heterocycles. The fourth-order valence-corrected chi connectivity index (χ4v) is 4.98. The van der Waals surface area contributed by atoms with Gasteiger partial charge in [-0.1, -0.05) is 0 Å². The number of Topliss-reactive ketones (excluding diaryl/α,β-unsaturated/α-hetero) is 1. The first kappa shape index (κ1) is 19.5. The van der Waals surface area contributed by atoms with Crippen molar-refractivity contribution < 1.29 is 28.2 Å². The highest BCUT2D eigenvalue weighted by Crippen LogP contribution is 2.51. The largest absolute Gasteiger partial charge is 0.492 e. The molecule has 0 amide bonds. The molecule has 0 bridgehead atoms. The van der Waals surface area contributed by atoms with Crippen molar-refractivity contribution in [3.63, 3.8) is 0 Å². The van der Waals surface area contributed by atoms with Crippen LogP contribution in [0.3, 0.4) is 0 Å². The molecule has 3 aliphatic heterocycles. The van der Waals surface area contributed by atoms with Gasteiger partial charge in [-0.3, -0.25) is 4.79 Å². The second-order valence-electron chi connectivity index (χ2n) is 9.45. The zero-order valence-electron chi connectivity index (χ0n) is 17.7. The maximum atomic E-state index is 13.3. The second kappa shape index (κ2) is 6.92. The van der Waals surface area contributed by atoms with E-state index in [2.05, 4.69) is 34.0 Å². The van der Waals surface area contributed by atoms with Gasteiger partial charge in [0.1, 0.15) is 11.8 Å². The lowest BCUT2D eigenvalue weighted by molar-refractivity contribution is -0.922. The van der Waals surface area contributed by atoms with E-state index >= 15 is 0 Å². The predicted molar refractivity (Wildman–Crippen MR) is 105 cm³/mol. The zero-order valence-corrected chi connectivity index (χ0v) is 17.7. The minimum absolute atomic E-state index is 0.0478. The lowest BCUT2D eigenvalue weighted by Gasteiger charge is -2.44. The summed E-state index contributed by atoms with van der Waals surface area (Å²) in [6, 6.07) is 2.13. The summed E-state index contributed by atoms with van der Waals surface area (Å²) in [6.45, 7) is 6.00. The summed E-state index contributed by atoms with van der Waals surface area (Å²) in [5.74, 6) is 2.56. The molecular weight excluding hydrogens is 358 g/mol. The number of benzene rings is 1. The Hall–Kier alpha value is -1.79. The van der Waals surface area contributed by atoms with Crippen LogP contribution in [0.2, 0.25) is 0 Å². The van der Waals surface area contributed by atoms with Crippen LogP contribution in [0.5, 0.6) is 17.2 Å². The highest BCUT2D eigenvalue weighted by molar-refractivity contribution is 5.82. The lowest BCUT2D eigenvalue weighted by atomic mass is 9.80. The number of rotatable bonds is 4. The first-order chi connectivity index (χ1) is 13.2. The Morgan fingerprint density at radius 3 is 2.82 bits per heavy atom. The predicted octanol–water partition coefficient (Wildman–Crippen LogP) is 3.26. The topological polar surface area (TPSA) is 54.0 Å². The van der Waals surface area contributed by atoms with E-state index in [0.29, 0.717) is 24.6 Å². The Labute approximate surface area is 167 Å². The molecule has 0 N–H and O–H groups in total. The SMILES string of the molecule is COc1c2c(cc3c1[C@@H](CC(=O)[C@H]1CCOC(C)(C)C1)[N+](C)(C)CC3)OCO2. The lowest BCUT2D eigenvalue weighted by Crippen LogP contribution is -2.49. The Morgan fingerprint density at radius 2 is 2.11 bits per heavy atom. The van der Waals surface area contributed by atoms with E-state index in [4.69, 9.17) is 18.9 Å². The number of quaternary nitrogens is 1. The van der Waals surface area contributed by atoms with Crippen LogP contribution in [0.4, 0.5) is 0 Å². The van der Waals surface area contributed by atoms with Crippen LogP contribution in [0.15, 0.2) is 6.07 Å². The van der Waals surface area contributed by atoms with E-state index in [1.165, 1.54) is 5.56 Å². The van der Waals surface area contributed by atoms with Crippen molar-refractivity contribution in [1.82, 2.24) is 0 Å². The number of ether oxygens (including phenoxy) is 4. The van der Waals surface area contributed by atoms with Crippen LogP contribution in [-0.4, -0.2) is 57.0 Å². The molecule has 6 nitrogen and oxygen atoms in total. The average Bonchev–Trinajstić information content (AvgIpc) is 3.09. The van der Waals surface area contributed by atoms with Crippen molar-refractivity contribution in [3.8, 4) is 17.2 Å². The van der Waals surface area contributed by atoms with Crippen molar-refractivity contribution >= 4 is 5.78 Å². The Kier molecular flexibility index (Phi) is 4.82. The van der Waals surface area contributed by atoms with Gasteiger partial charge in [0.25, 0.3) is 0 Å². The summed E-state index contributed by atoms with van der Waals surface area (Å²) in [4.78, 5) is 13.3. The van der Waals surface area contributed by atoms with Gasteiger partial charge < -0.3 is 23.4 Å². The minimum Gasteiger partial charge on any atom is -0.492 e. The van der Waals surface area contributed by atoms with E-state index in [-0.39, 0.29) is 24.4 Å². The third kappa shape index (κ3) is 3.37. The summed E-state index contributed by atoms with van der Waals surface area (Å²) in [5, 5.41) is 0. The normalized spacial score (nSPS) is 27.2. The number of ketones is 1. The zero-order chi connectivity index (χ0) is 20.1. The maximum absolute atomic E-state index is 13.3. The molecule has 6 heteroatoms. The molecule has 2 atom stereocenters. The van der Waals surface area contributed by atoms with Gasteiger partial charge in [0.2, 0.25) is 12.5 Å². The summed E-state index contributed by atoms with van der Waals surface area (Å²) >= 11 is 0. The molecule has 1 aromatic rings. The maximum Gasteiger partial charge on any atom is 0.231 e. The third-order valence-electron chi connectivity index (χ3n) is 6.63. The molecule has 0 unspecified atom stereocenters. The van der Waals surface area contributed by atoms with Crippen LogP contribution in [0.25, 0.3) is 0 Å². The Balaban J connectivity index is 1.68. The van der Waals surface area contributed by atoms with Crippen molar-refractivity contribution in [2.24, 2.45) is 5.92 Å². The molecule has 1 fully saturated rings. The summed E-state index contributed by atoms with van der Waals surface area (Å²) in [6.07, 6.45) is 3.05. The smallest absolute Gasteiger partial charge is 0.231 e. The molecule has 1 saturated heterocycles. The number of likely N-dealkylation sites (N-methyl/N-ethyl adjacent to an activating group) is 1. The third-order valence-corrected chi connectivity index (χ3v) is 6.63. The Bertz CT molecular complexity index is 786. The molecule has 0 saturated carbocycles. The van der Waals surface area contributed by atoms with E-state index in [1.807, 2.05) is 0 Å².